The number of carbonyl (C=O) groups excluding carboxylic acids is 1. The second-order valence-corrected chi connectivity index (χ2v) is 8.14. The Morgan fingerprint density at radius 3 is 2.79 bits per heavy atom. The summed E-state index contributed by atoms with van der Waals surface area (Å²) in [6.07, 6.45) is 2.63. The van der Waals surface area contributed by atoms with Crippen molar-refractivity contribution in [1.29, 1.82) is 0 Å². The molecular formula is C19H25N7OS. The van der Waals surface area contributed by atoms with Gasteiger partial charge in [0, 0.05) is 6.07 Å². The maximum absolute atomic E-state index is 12.7. The molecule has 2 heterocycles. The Morgan fingerprint density at radius 2 is 2.04 bits per heavy atom. The summed E-state index contributed by atoms with van der Waals surface area (Å²) in [6.45, 7) is 10.0. The van der Waals surface area contributed by atoms with Gasteiger partial charge in [0.05, 0.1) is 23.2 Å². The van der Waals surface area contributed by atoms with Crippen LogP contribution in [0.2, 0.25) is 0 Å². The Morgan fingerprint density at radius 1 is 1.25 bits per heavy atom. The molecule has 0 aliphatic carbocycles. The largest absolute Gasteiger partial charge is 0.310 e. The maximum atomic E-state index is 12.7. The third-order valence-electron chi connectivity index (χ3n) is 4.62. The first-order valence-electron chi connectivity index (χ1n) is 9.27. The fourth-order valence-corrected chi connectivity index (χ4v) is 3.53. The topological polar surface area (TPSA) is 90.5 Å². The quantitative estimate of drug-likeness (QED) is 0.611. The number of carbonyl (C=O) groups is 1. The molecule has 0 aliphatic heterocycles. The number of aryl methyl sites for hydroxylation is 2. The molecule has 0 unspecified atom stereocenters. The molecule has 0 bridgehead atoms. The van der Waals surface area contributed by atoms with Crippen molar-refractivity contribution < 1.29 is 4.79 Å². The molecule has 0 spiro atoms. The average molecular weight is 400 g/mol. The van der Waals surface area contributed by atoms with Crippen LogP contribution in [0.5, 0.6) is 0 Å². The molecular weight excluding hydrogens is 374 g/mol. The molecule has 0 saturated carbocycles. The van der Waals surface area contributed by atoms with E-state index in [-0.39, 0.29) is 17.2 Å². The number of thioether (sulfide) groups is 1. The lowest BCUT2D eigenvalue weighted by molar-refractivity contribution is -0.115. The molecule has 28 heavy (non-hydrogen) atoms. The number of nitrogens with zero attached hydrogens (tertiary/aromatic N) is 6. The van der Waals surface area contributed by atoms with E-state index in [0.29, 0.717) is 11.0 Å². The fraction of sp³-hybridized carbons (Fsp3) is 0.421. The Bertz CT molecular complexity index is 965. The molecule has 3 aromatic rings. The fourth-order valence-electron chi connectivity index (χ4n) is 2.73. The summed E-state index contributed by atoms with van der Waals surface area (Å²) < 4.78 is 3.51. The second-order valence-electron chi connectivity index (χ2n) is 6.83. The van der Waals surface area contributed by atoms with E-state index in [0.717, 1.165) is 23.2 Å². The Labute approximate surface area is 168 Å². The van der Waals surface area contributed by atoms with E-state index < -0.39 is 0 Å². The van der Waals surface area contributed by atoms with Crippen LogP contribution in [0.15, 0.2) is 35.6 Å². The number of anilines is 1. The summed E-state index contributed by atoms with van der Waals surface area (Å²) in [5.41, 5.74) is 3.10. The van der Waals surface area contributed by atoms with Crippen LogP contribution in [0.3, 0.4) is 0 Å². The molecule has 1 amide bonds. The van der Waals surface area contributed by atoms with Crippen molar-refractivity contribution in [3.05, 3.63) is 41.6 Å². The summed E-state index contributed by atoms with van der Waals surface area (Å²) in [6, 6.07) is 8.14. The molecule has 9 heteroatoms. The van der Waals surface area contributed by atoms with Gasteiger partial charge in [0.25, 0.3) is 0 Å². The number of benzene rings is 1. The number of hydrogen-bond donors (Lipinski definition) is 1. The predicted octanol–water partition coefficient (Wildman–Crippen LogP) is 3.57. The zero-order valence-electron chi connectivity index (χ0n) is 16.7. The van der Waals surface area contributed by atoms with Crippen LogP contribution in [0.1, 0.15) is 44.4 Å². The number of amides is 1. The van der Waals surface area contributed by atoms with Crippen molar-refractivity contribution in [1.82, 2.24) is 30.0 Å². The van der Waals surface area contributed by atoms with E-state index in [1.54, 1.807) is 10.9 Å². The normalized spacial score (nSPS) is 13.3. The average Bonchev–Trinajstić information content (AvgIpc) is 3.32. The molecule has 2 atom stereocenters. The Kier molecular flexibility index (Phi) is 6.13. The van der Waals surface area contributed by atoms with Crippen LogP contribution in [0.4, 0.5) is 5.82 Å². The minimum atomic E-state index is -0.379. The van der Waals surface area contributed by atoms with E-state index >= 15 is 0 Å². The summed E-state index contributed by atoms with van der Waals surface area (Å²) >= 11 is 1.32. The van der Waals surface area contributed by atoms with Crippen LogP contribution < -0.4 is 5.32 Å². The Balaban J connectivity index is 1.75. The predicted molar refractivity (Wildman–Crippen MR) is 110 cm³/mol. The number of tetrazole rings is 1. The van der Waals surface area contributed by atoms with Gasteiger partial charge in [-0.3, -0.25) is 4.79 Å². The standard InChI is InChI=1S/C19H25N7OS/c1-6-14(4)25-17(9-10-20-25)21-18(27)15(5)28-19-22-23-24-26(19)16-11-12(2)7-8-13(16)3/h7-11,14-15H,6H2,1-5H3,(H,21,27)/t14-,15+/m0/s1. The minimum absolute atomic E-state index is 0.120. The van der Waals surface area contributed by atoms with Crippen LogP contribution in [0.25, 0.3) is 5.69 Å². The molecule has 8 nitrogen and oxygen atoms in total. The maximum Gasteiger partial charge on any atom is 0.238 e. The van der Waals surface area contributed by atoms with E-state index in [4.69, 9.17) is 0 Å². The third-order valence-corrected chi connectivity index (χ3v) is 5.65. The van der Waals surface area contributed by atoms with Crippen molar-refractivity contribution in [2.75, 3.05) is 5.32 Å². The molecule has 3 rings (SSSR count). The first-order valence-corrected chi connectivity index (χ1v) is 10.2. The van der Waals surface area contributed by atoms with Crippen LogP contribution >= 0.6 is 11.8 Å². The first-order chi connectivity index (χ1) is 13.4. The lowest BCUT2D eigenvalue weighted by atomic mass is 10.1. The van der Waals surface area contributed by atoms with E-state index in [1.807, 2.05) is 49.7 Å². The zero-order chi connectivity index (χ0) is 20.3. The molecule has 1 N–H and O–H groups in total. The Hall–Kier alpha value is -2.68. The lowest BCUT2D eigenvalue weighted by Crippen LogP contribution is -2.25. The summed E-state index contributed by atoms with van der Waals surface area (Å²) in [5.74, 6) is 0.575. The van der Waals surface area contributed by atoms with Gasteiger partial charge in [-0.25, -0.2) is 4.68 Å². The van der Waals surface area contributed by atoms with Gasteiger partial charge in [-0.15, -0.1) is 5.10 Å². The van der Waals surface area contributed by atoms with Crippen molar-refractivity contribution in [3.8, 4) is 5.69 Å². The van der Waals surface area contributed by atoms with Gasteiger partial charge in [0.2, 0.25) is 11.1 Å². The highest BCUT2D eigenvalue weighted by Crippen LogP contribution is 2.26. The van der Waals surface area contributed by atoms with Gasteiger partial charge in [-0.05, 0) is 61.7 Å². The smallest absolute Gasteiger partial charge is 0.238 e. The van der Waals surface area contributed by atoms with Gasteiger partial charge in [0.1, 0.15) is 5.82 Å². The highest BCUT2D eigenvalue weighted by molar-refractivity contribution is 8.00. The van der Waals surface area contributed by atoms with Gasteiger partial charge in [-0.1, -0.05) is 30.8 Å². The van der Waals surface area contributed by atoms with Gasteiger partial charge in [-0.2, -0.15) is 9.78 Å². The SMILES string of the molecule is CC[C@H](C)n1nccc1NC(=O)[C@@H](C)Sc1nnnn1-c1cc(C)ccc1C. The van der Waals surface area contributed by atoms with E-state index in [2.05, 4.69) is 39.8 Å². The highest BCUT2D eigenvalue weighted by Gasteiger charge is 2.21. The van der Waals surface area contributed by atoms with Crippen LogP contribution in [-0.2, 0) is 4.79 Å². The minimum Gasteiger partial charge on any atom is -0.310 e. The van der Waals surface area contributed by atoms with Crippen molar-refractivity contribution in [2.24, 2.45) is 0 Å². The van der Waals surface area contributed by atoms with E-state index in [9.17, 15) is 4.79 Å². The number of aromatic nitrogens is 6. The molecule has 0 aliphatic rings. The highest BCUT2D eigenvalue weighted by atomic mass is 32.2. The number of hydrogen-bond acceptors (Lipinski definition) is 6. The number of nitrogens with one attached hydrogen (secondary N) is 1. The monoisotopic (exact) mass is 399 g/mol. The van der Waals surface area contributed by atoms with Crippen molar-refractivity contribution in [2.45, 2.75) is 57.5 Å². The molecule has 148 valence electrons. The van der Waals surface area contributed by atoms with Crippen LogP contribution in [0, 0.1) is 13.8 Å². The molecule has 0 radical (unpaired) electrons. The van der Waals surface area contributed by atoms with Crippen molar-refractivity contribution in [3.63, 3.8) is 0 Å². The second kappa shape index (κ2) is 8.55. The zero-order valence-corrected chi connectivity index (χ0v) is 17.6. The lowest BCUT2D eigenvalue weighted by Gasteiger charge is -2.16. The summed E-state index contributed by atoms with van der Waals surface area (Å²) in [7, 11) is 0. The molecule has 1 aromatic carbocycles. The van der Waals surface area contributed by atoms with Gasteiger partial charge < -0.3 is 5.32 Å². The first kappa shape index (κ1) is 20.1. The van der Waals surface area contributed by atoms with Gasteiger partial charge in [0.15, 0.2) is 0 Å². The summed E-state index contributed by atoms with van der Waals surface area (Å²) in [5, 5.41) is 19.5. The summed E-state index contributed by atoms with van der Waals surface area (Å²) in [4.78, 5) is 12.7. The molecule has 2 aromatic heterocycles. The molecule has 0 saturated heterocycles. The van der Waals surface area contributed by atoms with Gasteiger partial charge >= 0.3 is 0 Å². The number of rotatable bonds is 7. The van der Waals surface area contributed by atoms with Crippen LogP contribution in [-0.4, -0.2) is 41.1 Å². The third kappa shape index (κ3) is 4.24. The molecule has 0 fully saturated rings. The van der Waals surface area contributed by atoms with E-state index in [1.165, 1.54) is 11.8 Å². The van der Waals surface area contributed by atoms with Crippen molar-refractivity contribution >= 4 is 23.5 Å².